The Morgan fingerprint density at radius 3 is 1.23 bits per heavy atom. The highest BCUT2D eigenvalue weighted by molar-refractivity contribution is 7.87. The number of hydrogen-bond donors (Lipinski definition) is 0. The molecule has 0 unspecified atom stereocenters. The van der Waals surface area contributed by atoms with Crippen molar-refractivity contribution in [2.45, 2.75) is 20.8 Å². The van der Waals surface area contributed by atoms with Crippen LogP contribution < -0.4 is 15.9 Å². The van der Waals surface area contributed by atoms with Crippen LogP contribution in [0.1, 0.15) is 20.8 Å². The fraction of sp³-hybridized carbons (Fsp3) is 0.174. The summed E-state index contributed by atoms with van der Waals surface area (Å²) in [5.41, 5.74) is -0.524. The number of amides is 1. The van der Waals surface area contributed by atoms with E-state index >= 15 is 0 Å². The molecule has 0 fully saturated rings. The summed E-state index contributed by atoms with van der Waals surface area (Å²) in [6.45, 7) is 5.78. The van der Waals surface area contributed by atoms with Crippen molar-refractivity contribution in [3.05, 3.63) is 91.0 Å². The molecule has 0 spiro atoms. The average molecular weight is 361 g/mol. The van der Waals surface area contributed by atoms with Gasteiger partial charge in [0.1, 0.15) is 0 Å². The van der Waals surface area contributed by atoms with Gasteiger partial charge in [-0.15, -0.1) is 0 Å². The Morgan fingerprint density at radius 1 is 0.654 bits per heavy atom. The molecule has 0 heterocycles. The molecule has 3 rings (SSSR count). The zero-order chi connectivity index (χ0) is 18.6. The van der Waals surface area contributed by atoms with Gasteiger partial charge in [0.2, 0.25) is 0 Å². The average Bonchev–Trinajstić information content (AvgIpc) is 2.67. The van der Waals surface area contributed by atoms with Gasteiger partial charge in [-0.1, -0.05) is 112 Å². The maximum absolute atomic E-state index is 13.1. The number of carbonyl (C=O) groups excluding carboxylic acids is 1. The highest BCUT2D eigenvalue weighted by atomic mass is 31.2. The van der Waals surface area contributed by atoms with Crippen LogP contribution in [0.5, 0.6) is 0 Å². The number of benzene rings is 3. The maximum atomic E-state index is 13.1. The summed E-state index contributed by atoms with van der Waals surface area (Å²) in [6.07, 6.45) is 0. The molecule has 26 heavy (non-hydrogen) atoms. The van der Waals surface area contributed by atoms with Crippen LogP contribution in [0.25, 0.3) is 0 Å². The lowest BCUT2D eigenvalue weighted by Gasteiger charge is -2.28. The van der Waals surface area contributed by atoms with E-state index in [1.165, 1.54) is 0 Å². The number of nitrogens with zero attached hydrogens (tertiary/aromatic N) is 1. The van der Waals surface area contributed by atoms with Gasteiger partial charge in [0, 0.05) is 21.3 Å². The quantitative estimate of drug-likeness (QED) is 0.620. The topological polar surface area (TPSA) is 29.4 Å². The number of hydrogen-bond acceptors (Lipinski definition) is 1. The minimum absolute atomic E-state index is 0.0672. The molecule has 0 atom stereocenters. The minimum atomic E-state index is -2.43. The van der Waals surface area contributed by atoms with Crippen molar-refractivity contribution >= 4 is 28.9 Å². The minimum Gasteiger partial charge on any atom is -0.272 e. The van der Waals surface area contributed by atoms with Crippen LogP contribution in [0, 0.1) is 5.41 Å². The van der Waals surface area contributed by atoms with Gasteiger partial charge >= 0.3 is 0 Å². The van der Waals surface area contributed by atoms with Gasteiger partial charge < -0.3 is 0 Å². The Labute approximate surface area is 156 Å². The summed E-state index contributed by atoms with van der Waals surface area (Å²) < 4.78 is 4.96. The second kappa shape index (κ2) is 7.43. The molecule has 3 heteroatoms. The highest BCUT2D eigenvalue weighted by Crippen LogP contribution is 2.47. The lowest BCUT2D eigenvalue weighted by molar-refractivity contribution is -0.124. The van der Waals surface area contributed by atoms with Crippen molar-refractivity contribution in [3.63, 3.8) is 0 Å². The predicted molar refractivity (Wildman–Crippen MR) is 112 cm³/mol. The van der Waals surface area contributed by atoms with E-state index in [0.29, 0.717) is 0 Å². The molecule has 1 amide bonds. The molecule has 2 nitrogen and oxygen atoms in total. The van der Waals surface area contributed by atoms with Crippen LogP contribution in [-0.2, 0) is 4.79 Å². The van der Waals surface area contributed by atoms with Crippen molar-refractivity contribution in [2.24, 2.45) is 10.2 Å². The smallest absolute Gasteiger partial charge is 0.250 e. The second-order valence-electron chi connectivity index (χ2n) is 7.30. The van der Waals surface area contributed by atoms with Gasteiger partial charge in [-0.3, -0.25) is 4.79 Å². The Balaban J connectivity index is 2.44. The van der Waals surface area contributed by atoms with Crippen LogP contribution in [0.3, 0.4) is 0 Å². The first kappa shape index (κ1) is 18.4. The van der Waals surface area contributed by atoms with E-state index in [2.05, 4.69) is 36.4 Å². The van der Waals surface area contributed by atoms with Gasteiger partial charge in [-0.05, 0) is 0 Å². The van der Waals surface area contributed by atoms with E-state index in [1.807, 2.05) is 75.4 Å². The monoisotopic (exact) mass is 361 g/mol. The predicted octanol–water partition coefficient (Wildman–Crippen LogP) is 4.74. The van der Waals surface area contributed by atoms with E-state index in [1.54, 1.807) is 0 Å². The SMILES string of the molecule is CC(C)(C)C(=O)N=P(c1ccccc1)(c1ccccc1)c1ccccc1. The molecular formula is C23H24NOP. The summed E-state index contributed by atoms with van der Waals surface area (Å²) in [6, 6.07) is 30.7. The summed E-state index contributed by atoms with van der Waals surface area (Å²) in [7, 11) is -2.43. The molecule has 0 bridgehead atoms. The van der Waals surface area contributed by atoms with E-state index in [0.717, 1.165) is 15.9 Å². The molecule has 0 saturated carbocycles. The summed E-state index contributed by atoms with van der Waals surface area (Å²) in [5.74, 6) is -0.0672. The van der Waals surface area contributed by atoms with E-state index < -0.39 is 12.5 Å². The van der Waals surface area contributed by atoms with Gasteiger partial charge in [0.15, 0.2) is 0 Å². The number of rotatable bonds is 3. The van der Waals surface area contributed by atoms with E-state index in [9.17, 15) is 4.79 Å². The third-order valence-electron chi connectivity index (χ3n) is 4.27. The highest BCUT2D eigenvalue weighted by Gasteiger charge is 2.31. The Bertz CT molecular complexity index is 823. The third kappa shape index (κ3) is 3.57. The zero-order valence-corrected chi connectivity index (χ0v) is 16.4. The van der Waals surface area contributed by atoms with Gasteiger partial charge in [-0.25, -0.2) is 4.74 Å². The zero-order valence-electron chi connectivity index (χ0n) is 15.5. The van der Waals surface area contributed by atoms with Crippen molar-refractivity contribution < 1.29 is 4.79 Å². The van der Waals surface area contributed by atoms with E-state index in [4.69, 9.17) is 4.74 Å². The molecule has 0 aliphatic heterocycles. The summed E-state index contributed by atoms with van der Waals surface area (Å²) in [4.78, 5) is 13.1. The molecule has 0 saturated heterocycles. The molecule has 132 valence electrons. The van der Waals surface area contributed by atoms with Crippen LogP contribution in [0.15, 0.2) is 95.7 Å². The third-order valence-corrected chi connectivity index (χ3v) is 7.89. The van der Waals surface area contributed by atoms with Gasteiger partial charge in [0.25, 0.3) is 5.91 Å². The molecule has 0 aromatic heterocycles. The van der Waals surface area contributed by atoms with E-state index in [-0.39, 0.29) is 5.91 Å². The van der Waals surface area contributed by atoms with Crippen molar-refractivity contribution in [3.8, 4) is 0 Å². The van der Waals surface area contributed by atoms with Crippen LogP contribution in [-0.4, -0.2) is 5.91 Å². The molecule has 0 aliphatic rings. The first-order chi connectivity index (χ1) is 12.4. The molecule has 3 aromatic rings. The number of carbonyl (C=O) groups is 1. The largest absolute Gasteiger partial charge is 0.272 e. The first-order valence-electron chi connectivity index (χ1n) is 8.78. The van der Waals surface area contributed by atoms with Crippen molar-refractivity contribution in [1.82, 2.24) is 0 Å². The molecule has 0 aliphatic carbocycles. The Kier molecular flexibility index (Phi) is 5.25. The lowest BCUT2D eigenvalue weighted by Crippen LogP contribution is -2.28. The molecule has 3 aromatic carbocycles. The lowest BCUT2D eigenvalue weighted by atomic mass is 9.96. The standard InChI is InChI=1S/C23H24NOP/c1-23(2,3)22(25)24-26(19-13-7-4-8-14-19,20-15-9-5-10-16-20)21-17-11-6-12-18-21/h4-18H,1-3H3. The molecule has 0 radical (unpaired) electrons. The van der Waals surface area contributed by atoms with Crippen molar-refractivity contribution in [1.29, 1.82) is 0 Å². The summed E-state index contributed by atoms with van der Waals surface area (Å²) in [5, 5.41) is 3.28. The van der Waals surface area contributed by atoms with Gasteiger partial charge in [-0.2, -0.15) is 0 Å². The van der Waals surface area contributed by atoms with Crippen molar-refractivity contribution in [2.75, 3.05) is 0 Å². The fourth-order valence-corrected chi connectivity index (χ4v) is 6.46. The Hall–Kier alpha value is -2.44. The Morgan fingerprint density at radius 2 is 0.962 bits per heavy atom. The summed E-state index contributed by atoms with van der Waals surface area (Å²) >= 11 is 0. The van der Waals surface area contributed by atoms with Crippen LogP contribution in [0.2, 0.25) is 0 Å². The molecule has 0 N–H and O–H groups in total. The first-order valence-corrected chi connectivity index (χ1v) is 10.5. The normalized spacial score (nSPS) is 11.8. The van der Waals surface area contributed by atoms with Crippen LogP contribution >= 0.6 is 7.05 Å². The van der Waals surface area contributed by atoms with Gasteiger partial charge in [0.05, 0.1) is 7.05 Å². The molecular weight excluding hydrogens is 337 g/mol. The van der Waals surface area contributed by atoms with Crippen LogP contribution in [0.4, 0.5) is 0 Å². The fourth-order valence-electron chi connectivity index (χ4n) is 2.84. The maximum Gasteiger partial charge on any atom is 0.250 e. The second-order valence-corrected chi connectivity index (χ2v) is 10.3.